The molecule has 3 fully saturated rings. The van der Waals surface area contributed by atoms with Gasteiger partial charge < -0.3 is 10.6 Å². The lowest BCUT2D eigenvalue weighted by atomic mass is 10.1. The molecule has 5 rings (SSSR count). The summed E-state index contributed by atoms with van der Waals surface area (Å²) in [5.74, 6) is -0.105. The largest absolute Gasteiger partial charge is 0.325 e. The maximum absolute atomic E-state index is 13.4. The quantitative estimate of drug-likeness (QED) is 0.558. The molecular formula is C28H36N6O3S. The number of sulfonamides is 1. The first-order valence-electron chi connectivity index (χ1n) is 13.3. The number of rotatable bonds is 7. The van der Waals surface area contributed by atoms with Crippen molar-refractivity contribution in [1.29, 1.82) is 5.26 Å². The Bertz CT molecular complexity index is 1340. The van der Waals surface area contributed by atoms with Crippen molar-refractivity contribution in [3.8, 4) is 6.07 Å². The summed E-state index contributed by atoms with van der Waals surface area (Å²) in [6.45, 7) is 9.81. The molecule has 3 heterocycles. The van der Waals surface area contributed by atoms with Gasteiger partial charge in [0, 0.05) is 62.6 Å². The summed E-state index contributed by atoms with van der Waals surface area (Å²) >= 11 is 0. The van der Waals surface area contributed by atoms with Gasteiger partial charge in [-0.2, -0.15) is 9.57 Å². The molecular weight excluding hydrogens is 500 g/mol. The zero-order valence-corrected chi connectivity index (χ0v) is 23.0. The highest BCUT2D eigenvalue weighted by atomic mass is 32.2. The average Bonchev–Trinajstić information content (AvgIpc) is 3.49. The molecule has 0 aromatic heterocycles. The first-order chi connectivity index (χ1) is 18.1. The van der Waals surface area contributed by atoms with Crippen LogP contribution in [0.5, 0.6) is 0 Å². The van der Waals surface area contributed by atoms with E-state index in [-0.39, 0.29) is 29.4 Å². The van der Waals surface area contributed by atoms with Gasteiger partial charge in [-0.3, -0.25) is 14.6 Å². The lowest BCUT2D eigenvalue weighted by Crippen LogP contribution is -2.59. The van der Waals surface area contributed by atoms with E-state index in [1.807, 2.05) is 31.7 Å². The van der Waals surface area contributed by atoms with Gasteiger partial charge in [-0.05, 0) is 62.6 Å². The second-order valence-electron chi connectivity index (χ2n) is 11.0. The van der Waals surface area contributed by atoms with E-state index in [9.17, 15) is 18.5 Å². The van der Waals surface area contributed by atoms with Crippen LogP contribution in [0.25, 0.3) is 0 Å². The lowest BCUT2D eigenvalue weighted by molar-refractivity contribution is -0.118. The van der Waals surface area contributed by atoms with Crippen molar-refractivity contribution in [2.24, 2.45) is 0 Å². The third kappa shape index (κ3) is 5.48. The smallest absolute Gasteiger partial charge is 0.243 e. The predicted molar refractivity (Wildman–Crippen MR) is 146 cm³/mol. The maximum Gasteiger partial charge on any atom is 0.243 e. The van der Waals surface area contributed by atoms with Crippen molar-refractivity contribution < 1.29 is 13.2 Å². The van der Waals surface area contributed by atoms with E-state index in [2.05, 4.69) is 33.7 Å². The highest BCUT2D eigenvalue weighted by molar-refractivity contribution is 7.89. The molecule has 10 heteroatoms. The summed E-state index contributed by atoms with van der Waals surface area (Å²) in [5, 5.41) is 15.8. The number of anilines is 1. The molecule has 4 atom stereocenters. The Hall–Kier alpha value is -2.81. The molecule has 2 unspecified atom stereocenters. The molecule has 0 spiro atoms. The number of piperazine rings is 2. The van der Waals surface area contributed by atoms with Crippen molar-refractivity contribution in [3.63, 3.8) is 0 Å². The van der Waals surface area contributed by atoms with E-state index in [0.717, 1.165) is 30.9 Å². The van der Waals surface area contributed by atoms with Crippen molar-refractivity contribution >= 4 is 21.6 Å². The zero-order valence-electron chi connectivity index (χ0n) is 22.2. The molecule has 3 saturated heterocycles. The van der Waals surface area contributed by atoms with Gasteiger partial charge in [0.15, 0.2) is 0 Å². The van der Waals surface area contributed by atoms with Crippen LogP contribution in [-0.4, -0.2) is 85.3 Å². The fourth-order valence-electron chi connectivity index (χ4n) is 6.24. The summed E-state index contributed by atoms with van der Waals surface area (Å²) in [6.07, 6.45) is 1.22. The molecule has 9 nitrogen and oxygen atoms in total. The van der Waals surface area contributed by atoms with Gasteiger partial charge in [0.2, 0.25) is 15.9 Å². The number of hydrogen-bond acceptors (Lipinski definition) is 7. The summed E-state index contributed by atoms with van der Waals surface area (Å²) in [7, 11) is -3.77. The van der Waals surface area contributed by atoms with E-state index < -0.39 is 10.0 Å². The Kier molecular flexibility index (Phi) is 7.58. The Morgan fingerprint density at radius 1 is 1.13 bits per heavy atom. The van der Waals surface area contributed by atoms with Crippen molar-refractivity contribution in [2.75, 3.05) is 38.0 Å². The minimum Gasteiger partial charge on any atom is -0.325 e. The van der Waals surface area contributed by atoms with Crippen LogP contribution in [0.4, 0.5) is 5.69 Å². The van der Waals surface area contributed by atoms with Crippen molar-refractivity contribution in [3.05, 3.63) is 59.2 Å². The number of benzene rings is 2. The number of carbonyl (C=O) groups is 1. The van der Waals surface area contributed by atoms with Crippen LogP contribution in [0, 0.1) is 18.3 Å². The minimum absolute atomic E-state index is 0.105. The van der Waals surface area contributed by atoms with Crippen LogP contribution < -0.4 is 10.6 Å². The fourth-order valence-corrected chi connectivity index (χ4v) is 8.09. The Labute approximate surface area is 225 Å². The molecule has 3 aliphatic rings. The average molecular weight is 537 g/mol. The van der Waals surface area contributed by atoms with Gasteiger partial charge in [0.25, 0.3) is 0 Å². The summed E-state index contributed by atoms with van der Waals surface area (Å²) in [5.41, 5.74) is 3.35. The van der Waals surface area contributed by atoms with E-state index in [1.165, 1.54) is 28.4 Å². The minimum atomic E-state index is -3.77. The topological polar surface area (TPSA) is 109 Å². The van der Waals surface area contributed by atoms with Crippen LogP contribution in [0.1, 0.15) is 37.0 Å². The fraction of sp³-hybridized carbons (Fsp3) is 0.500. The first kappa shape index (κ1) is 26.8. The SMILES string of the molecule is Cc1ccc(CN2C[C@@H]3CC2CN3)cc1NC(=O)CN1CC(C)N(S(=O)(=O)c2cccc(C#N)c2)[C@@H](C)C1. The number of amides is 1. The molecule has 0 saturated carbocycles. The lowest BCUT2D eigenvalue weighted by Gasteiger charge is -2.43. The van der Waals surface area contributed by atoms with Gasteiger partial charge in [-0.15, -0.1) is 0 Å². The molecule has 2 bridgehead atoms. The number of carbonyl (C=O) groups excluding carboxylic acids is 1. The third-order valence-corrected chi connectivity index (χ3v) is 10.1. The number of fused-ring (bicyclic) bond motifs is 2. The number of nitrogens with zero attached hydrogens (tertiary/aromatic N) is 4. The van der Waals surface area contributed by atoms with Crippen molar-refractivity contribution in [2.45, 2.75) is 62.8 Å². The molecule has 2 N–H and O–H groups in total. The molecule has 2 aromatic rings. The predicted octanol–water partition coefficient (Wildman–Crippen LogP) is 2.13. The van der Waals surface area contributed by atoms with E-state index >= 15 is 0 Å². The number of nitrogens with one attached hydrogen (secondary N) is 2. The molecule has 0 radical (unpaired) electrons. The van der Waals surface area contributed by atoms with Crippen LogP contribution in [0.15, 0.2) is 47.4 Å². The standard InChI is InChI=1S/C28H36N6O3S/c1-19-7-8-23(16-33-17-24-11-25(33)13-30-24)10-27(19)31-28(35)18-32-14-20(2)34(21(3)15-32)38(36,37)26-6-4-5-22(9-26)12-29/h4-10,20-21,24-25,30H,11,13-18H2,1-3H3,(H,31,35)/t20-,21?,24-,25?/m0/s1. The van der Waals surface area contributed by atoms with Crippen LogP contribution in [-0.2, 0) is 21.4 Å². The Balaban J connectivity index is 1.20. The normalized spacial score (nSPS) is 26.4. The third-order valence-electron chi connectivity index (χ3n) is 7.95. The first-order valence-corrected chi connectivity index (χ1v) is 14.7. The van der Waals surface area contributed by atoms with E-state index in [4.69, 9.17) is 0 Å². The summed E-state index contributed by atoms with van der Waals surface area (Å²) in [4.78, 5) is 17.7. The Morgan fingerprint density at radius 3 is 2.55 bits per heavy atom. The summed E-state index contributed by atoms with van der Waals surface area (Å²) < 4.78 is 28.3. The van der Waals surface area contributed by atoms with Gasteiger partial charge in [-0.25, -0.2) is 8.42 Å². The number of likely N-dealkylation sites (tertiary alicyclic amines) is 1. The number of hydrogen-bond donors (Lipinski definition) is 2. The van der Waals surface area contributed by atoms with E-state index in [1.54, 1.807) is 12.1 Å². The van der Waals surface area contributed by atoms with Crippen molar-refractivity contribution in [1.82, 2.24) is 19.4 Å². The summed E-state index contributed by atoms with van der Waals surface area (Å²) in [6, 6.07) is 15.0. The number of aryl methyl sites for hydroxylation is 1. The maximum atomic E-state index is 13.4. The van der Waals surface area contributed by atoms with E-state index in [0.29, 0.717) is 30.7 Å². The highest BCUT2D eigenvalue weighted by Gasteiger charge is 2.39. The number of nitriles is 1. The van der Waals surface area contributed by atoms with Crippen LogP contribution in [0.3, 0.4) is 0 Å². The molecule has 3 aliphatic heterocycles. The van der Waals surface area contributed by atoms with Gasteiger partial charge >= 0.3 is 0 Å². The molecule has 2 aromatic carbocycles. The molecule has 202 valence electrons. The molecule has 38 heavy (non-hydrogen) atoms. The van der Waals surface area contributed by atoms with Gasteiger partial charge in [0.05, 0.1) is 23.1 Å². The Morgan fingerprint density at radius 2 is 1.89 bits per heavy atom. The van der Waals surface area contributed by atoms with Gasteiger partial charge in [0.1, 0.15) is 0 Å². The monoisotopic (exact) mass is 536 g/mol. The van der Waals surface area contributed by atoms with Crippen LogP contribution >= 0.6 is 0 Å². The highest BCUT2D eigenvalue weighted by Crippen LogP contribution is 2.28. The molecule has 1 amide bonds. The second kappa shape index (κ2) is 10.8. The zero-order chi connectivity index (χ0) is 27.0. The van der Waals surface area contributed by atoms with Gasteiger partial charge in [-0.1, -0.05) is 18.2 Å². The molecule has 0 aliphatic carbocycles. The van der Waals surface area contributed by atoms with Crippen LogP contribution in [0.2, 0.25) is 0 Å². The second-order valence-corrected chi connectivity index (χ2v) is 12.8.